The summed E-state index contributed by atoms with van der Waals surface area (Å²) in [6, 6.07) is 0. The molecule has 0 saturated heterocycles. The maximum absolute atomic E-state index is 5.67. The molecule has 0 aliphatic heterocycles. The lowest BCUT2D eigenvalue weighted by atomic mass is 10.1. The van der Waals surface area contributed by atoms with Crippen LogP contribution in [0.3, 0.4) is 0 Å². The van der Waals surface area contributed by atoms with Crippen LogP contribution in [0.25, 0.3) is 0 Å². The van der Waals surface area contributed by atoms with E-state index < -0.39 is 8.60 Å². The number of hydrogen-bond acceptors (Lipinski definition) is 3. The van der Waals surface area contributed by atoms with Crippen LogP contribution in [0.15, 0.2) is 0 Å². The van der Waals surface area contributed by atoms with Gasteiger partial charge in [-0.2, -0.15) is 0 Å². The minimum absolute atomic E-state index is 0.285. The molecule has 1 unspecified atom stereocenters. The van der Waals surface area contributed by atoms with Crippen molar-refractivity contribution in [2.45, 2.75) is 52.1 Å². The van der Waals surface area contributed by atoms with Gasteiger partial charge in [0.15, 0.2) is 0 Å². The zero-order chi connectivity index (χ0) is 10.8. The highest BCUT2D eigenvalue weighted by Crippen LogP contribution is 2.40. The van der Waals surface area contributed by atoms with Crippen molar-refractivity contribution in [2.24, 2.45) is 0 Å². The predicted molar refractivity (Wildman–Crippen MR) is 60.2 cm³/mol. The van der Waals surface area contributed by atoms with Crippen molar-refractivity contribution >= 4 is 8.60 Å². The summed E-state index contributed by atoms with van der Waals surface area (Å²) >= 11 is 0. The summed E-state index contributed by atoms with van der Waals surface area (Å²) in [5, 5.41) is 0. The third kappa shape index (κ3) is 6.72. The number of rotatable bonds is 9. The Bertz CT molecular complexity index is 118. The van der Waals surface area contributed by atoms with Gasteiger partial charge in [-0.15, -0.1) is 0 Å². The molecule has 3 nitrogen and oxygen atoms in total. The van der Waals surface area contributed by atoms with Crippen molar-refractivity contribution in [1.82, 2.24) is 0 Å². The fourth-order valence-corrected chi connectivity index (χ4v) is 2.05. The normalized spacial score (nSPS) is 13.5. The lowest BCUT2D eigenvalue weighted by Crippen LogP contribution is -2.09. The van der Waals surface area contributed by atoms with Gasteiger partial charge in [-0.1, -0.05) is 33.1 Å². The molecule has 0 saturated carbocycles. The second-order valence-corrected chi connectivity index (χ2v) is 4.61. The number of hydrogen-bond donors (Lipinski definition) is 0. The molecule has 0 aromatic rings. The second-order valence-electron chi connectivity index (χ2n) is 3.22. The topological polar surface area (TPSA) is 27.7 Å². The Labute approximate surface area is 89.1 Å². The van der Waals surface area contributed by atoms with Crippen molar-refractivity contribution in [3.63, 3.8) is 0 Å². The quantitative estimate of drug-likeness (QED) is 0.437. The van der Waals surface area contributed by atoms with Crippen LogP contribution < -0.4 is 0 Å². The average molecular weight is 222 g/mol. The second kappa shape index (κ2) is 9.85. The molecule has 0 rings (SSSR count). The largest absolute Gasteiger partial charge is 0.332 e. The summed E-state index contributed by atoms with van der Waals surface area (Å²) in [5.41, 5.74) is 0. The molecule has 0 N–H and O–H groups in total. The van der Waals surface area contributed by atoms with Gasteiger partial charge in [-0.3, -0.25) is 0 Å². The first-order valence-electron chi connectivity index (χ1n) is 5.33. The zero-order valence-corrected chi connectivity index (χ0v) is 10.7. The van der Waals surface area contributed by atoms with Crippen LogP contribution in [0.5, 0.6) is 0 Å². The molecular weight excluding hydrogens is 199 g/mol. The average Bonchev–Trinajstić information content (AvgIpc) is 2.23. The first kappa shape index (κ1) is 14.3. The van der Waals surface area contributed by atoms with Crippen LogP contribution in [-0.4, -0.2) is 20.3 Å². The van der Waals surface area contributed by atoms with E-state index in [1.165, 1.54) is 19.3 Å². The Balaban J connectivity index is 3.65. The van der Waals surface area contributed by atoms with Gasteiger partial charge in [-0.25, -0.2) is 0 Å². The SMILES string of the molecule is CCCCCC(CC)OP(OC)OC. The van der Waals surface area contributed by atoms with E-state index in [0.717, 1.165) is 12.8 Å². The van der Waals surface area contributed by atoms with Gasteiger partial charge >= 0.3 is 8.60 Å². The molecule has 0 spiro atoms. The highest BCUT2D eigenvalue weighted by molar-refractivity contribution is 7.41. The smallest absolute Gasteiger partial charge is 0.316 e. The van der Waals surface area contributed by atoms with Crippen LogP contribution in [0.2, 0.25) is 0 Å². The summed E-state index contributed by atoms with van der Waals surface area (Å²) in [4.78, 5) is 0. The van der Waals surface area contributed by atoms with Crippen LogP contribution in [0.1, 0.15) is 46.0 Å². The van der Waals surface area contributed by atoms with Crippen LogP contribution in [0, 0.1) is 0 Å². The number of unbranched alkanes of at least 4 members (excludes halogenated alkanes) is 2. The van der Waals surface area contributed by atoms with Gasteiger partial charge in [0.05, 0.1) is 6.10 Å². The summed E-state index contributed by atoms with van der Waals surface area (Å²) < 4.78 is 15.8. The minimum atomic E-state index is -1.12. The monoisotopic (exact) mass is 222 g/mol. The fourth-order valence-electron chi connectivity index (χ4n) is 1.24. The van der Waals surface area contributed by atoms with Crippen molar-refractivity contribution in [2.75, 3.05) is 14.2 Å². The Morgan fingerprint density at radius 2 is 1.71 bits per heavy atom. The van der Waals surface area contributed by atoms with Crippen LogP contribution in [0.4, 0.5) is 0 Å². The third-order valence-corrected chi connectivity index (χ3v) is 3.18. The molecular formula is C10H23O3P. The Hall–Kier alpha value is 0.310. The van der Waals surface area contributed by atoms with E-state index in [9.17, 15) is 0 Å². The van der Waals surface area contributed by atoms with Gasteiger partial charge in [0.1, 0.15) is 0 Å². The maximum atomic E-state index is 5.67. The Morgan fingerprint density at radius 3 is 2.14 bits per heavy atom. The van der Waals surface area contributed by atoms with Crippen LogP contribution >= 0.6 is 8.60 Å². The molecule has 0 radical (unpaired) electrons. The van der Waals surface area contributed by atoms with E-state index in [0.29, 0.717) is 0 Å². The van der Waals surface area contributed by atoms with Crippen molar-refractivity contribution in [1.29, 1.82) is 0 Å². The summed E-state index contributed by atoms with van der Waals surface area (Å²) in [5.74, 6) is 0. The molecule has 0 fully saturated rings. The first-order valence-corrected chi connectivity index (χ1v) is 6.43. The Morgan fingerprint density at radius 1 is 1.07 bits per heavy atom. The molecule has 0 heterocycles. The van der Waals surface area contributed by atoms with Crippen molar-refractivity contribution in [3.8, 4) is 0 Å². The van der Waals surface area contributed by atoms with Crippen molar-refractivity contribution in [3.05, 3.63) is 0 Å². The maximum Gasteiger partial charge on any atom is 0.332 e. The van der Waals surface area contributed by atoms with Gasteiger partial charge < -0.3 is 13.6 Å². The molecule has 86 valence electrons. The molecule has 0 aliphatic carbocycles. The lowest BCUT2D eigenvalue weighted by Gasteiger charge is -2.19. The molecule has 0 amide bonds. The van der Waals surface area contributed by atoms with E-state index in [-0.39, 0.29) is 6.10 Å². The highest BCUT2D eigenvalue weighted by atomic mass is 31.2. The molecule has 1 atom stereocenters. The highest BCUT2D eigenvalue weighted by Gasteiger charge is 2.15. The summed E-state index contributed by atoms with van der Waals surface area (Å²) in [7, 11) is 2.12. The van der Waals surface area contributed by atoms with E-state index >= 15 is 0 Å². The Kier molecular flexibility index (Phi) is 10.1. The standard InChI is InChI=1S/C10H23O3P/c1-5-7-8-9-10(6-2)13-14(11-3)12-4/h10H,5-9H2,1-4H3. The summed E-state index contributed by atoms with van der Waals surface area (Å²) in [6.45, 7) is 4.34. The van der Waals surface area contributed by atoms with E-state index in [1.54, 1.807) is 14.2 Å². The fraction of sp³-hybridized carbons (Fsp3) is 1.00. The lowest BCUT2D eigenvalue weighted by molar-refractivity contribution is 0.133. The molecule has 14 heavy (non-hydrogen) atoms. The molecule has 0 aromatic carbocycles. The zero-order valence-electron chi connectivity index (χ0n) is 9.78. The van der Waals surface area contributed by atoms with E-state index in [4.69, 9.17) is 13.6 Å². The van der Waals surface area contributed by atoms with E-state index in [1.807, 2.05) is 0 Å². The van der Waals surface area contributed by atoms with Gasteiger partial charge in [-0.05, 0) is 12.8 Å². The predicted octanol–water partition coefficient (Wildman–Crippen LogP) is 3.88. The molecule has 0 aromatic heterocycles. The molecule has 4 heteroatoms. The minimum Gasteiger partial charge on any atom is -0.316 e. The molecule has 0 bridgehead atoms. The summed E-state index contributed by atoms with van der Waals surface area (Å²) in [6.07, 6.45) is 6.17. The van der Waals surface area contributed by atoms with E-state index in [2.05, 4.69) is 13.8 Å². The first-order chi connectivity index (χ1) is 6.78. The van der Waals surface area contributed by atoms with Gasteiger partial charge in [0.25, 0.3) is 0 Å². The van der Waals surface area contributed by atoms with Crippen molar-refractivity contribution < 1.29 is 13.6 Å². The van der Waals surface area contributed by atoms with Gasteiger partial charge in [0.2, 0.25) is 0 Å². The van der Waals surface area contributed by atoms with Crippen LogP contribution in [-0.2, 0) is 13.6 Å². The van der Waals surface area contributed by atoms with Gasteiger partial charge in [0, 0.05) is 14.2 Å². The third-order valence-electron chi connectivity index (χ3n) is 2.12. The molecule has 0 aliphatic rings.